The van der Waals surface area contributed by atoms with Gasteiger partial charge in [0.25, 0.3) is 0 Å². The maximum absolute atomic E-state index is 9.75. The van der Waals surface area contributed by atoms with Crippen molar-refractivity contribution in [1.29, 1.82) is 0 Å². The van der Waals surface area contributed by atoms with Gasteiger partial charge in [-0.2, -0.15) is 0 Å². The SMILES string of the molecule is COCC#C[C@H](O)c1ccccc1OC. The Morgan fingerprint density at radius 3 is 2.73 bits per heavy atom. The molecule has 1 aromatic carbocycles. The lowest BCUT2D eigenvalue weighted by Gasteiger charge is -2.09. The van der Waals surface area contributed by atoms with Gasteiger partial charge in [-0.25, -0.2) is 0 Å². The van der Waals surface area contributed by atoms with Crippen molar-refractivity contribution in [2.45, 2.75) is 6.10 Å². The summed E-state index contributed by atoms with van der Waals surface area (Å²) in [5.41, 5.74) is 0.670. The van der Waals surface area contributed by atoms with Crippen LogP contribution >= 0.6 is 0 Å². The van der Waals surface area contributed by atoms with E-state index in [1.807, 2.05) is 12.1 Å². The van der Waals surface area contributed by atoms with Crippen molar-refractivity contribution in [3.63, 3.8) is 0 Å². The van der Waals surface area contributed by atoms with E-state index in [1.165, 1.54) is 0 Å². The molecule has 0 aliphatic carbocycles. The van der Waals surface area contributed by atoms with E-state index in [2.05, 4.69) is 11.8 Å². The summed E-state index contributed by atoms with van der Waals surface area (Å²) in [4.78, 5) is 0. The van der Waals surface area contributed by atoms with E-state index in [0.29, 0.717) is 17.9 Å². The first kappa shape index (κ1) is 11.6. The van der Waals surface area contributed by atoms with E-state index in [1.54, 1.807) is 26.4 Å². The topological polar surface area (TPSA) is 38.7 Å². The minimum atomic E-state index is -0.837. The predicted molar refractivity (Wildman–Crippen MR) is 57.6 cm³/mol. The molecule has 0 saturated carbocycles. The first-order valence-electron chi connectivity index (χ1n) is 4.58. The highest BCUT2D eigenvalue weighted by Crippen LogP contribution is 2.23. The van der Waals surface area contributed by atoms with Crippen LogP contribution < -0.4 is 4.74 Å². The van der Waals surface area contributed by atoms with E-state index < -0.39 is 6.10 Å². The van der Waals surface area contributed by atoms with E-state index in [9.17, 15) is 5.11 Å². The van der Waals surface area contributed by atoms with Crippen molar-refractivity contribution < 1.29 is 14.6 Å². The summed E-state index contributed by atoms with van der Waals surface area (Å²) in [5.74, 6) is 6.02. The average molecular weight is 206 g/mol. The molecule has 0 fully saturated rings. The molecular formula is C12H14O3. The molecule has 15 heavy (non-hydrogen) atoms. The van der Waals surface area contributed by atoms with Gasteiger partial charge in [0, 0.05) is 12.7 Å². The summed E-state index contributed by atoms with van der Waals surface area (Å²) in [5, 5.41) is 9.75. The lowest BCUT2D eigenvalue weighted by molar-refractivity contribution is 0.227. The van der Waals surface area contributed by atoms with Crippen molar-refractivity contribution >= 4 is 0 Å². The molecule has 0 heterocycles. The van der Waals surface area contributed by atoms with Crippen LogP contribution in [0.25, 0.3) is 0 Å². The Balaban J connectivity index is 2.82. The molecule has 3 nitrogen and oxygen atoms in total. The van der Waals surface area contributed by atoms with Gasteiger partial charge < -0.3 is 14.6 Å². The normalized spacial score (nSPS) is 11.4. The van der Waals surface area contributed by atoms with Gasteiger partial charge in [0.15, 0.2) is 0 Å². The number of rotatable bonds is 3. The molecule has 0 radical (unpaired) electrons. The molecule has 1 atom stereocenters. The first-order valence-corrected chi connectivity index (χ1v) is 4.58. The second-order valence-electron chi connectivity index (χ2n) is 2.90. The van der Waals surface area contributed by atoms with Crippen LogP contribution in [-0.2, 0) is 4.74 Å². The lowest BCUT2D eigenvalue weighted by atomic mass is 10.1. The molecule has 0 aliphatic rings. The van der Waals surface area contributed by atoms with Crippen LogP contribution in [0.2, 0.25) is 0 Å². The van der Waals surface area contributed by atoms with Gasteiger partial charge in [-0.3, -0.25) is 0 Å². The van der Waals surface area contributed by atoms with Crippen molar-refractivity contribution in [2.24, 2.45) is 0 Å². The Labute approximate surface area is 89.6 Å². The molecule has 0 amide bonds. The Morgan fingerprint density at radius 1 is 1.33 bits per heavy atom. The van der Waals surface area contributed by atoms with Crippen LogP contribution in [0.4, 0.5) is 0 Å². The van der Waals surface area contributed by atoms with Crippen LogP contribution in [0, 0.1) is 11.8 Å². The number of benzene rings is 1. The zero-order valence-corrected chi connectivity index (χ0v) is 8.86. The number of ether oxygens (including phenoxy) is 2. The fourth-order valence-electron chi connectivity index (χ4n) is 1.18. The van der Waals surface area contributed by atoms with Gasteiger partial charge in [0.2, 0.25) is 0 Å². The molecular weight excluding hydrogens is 192 g/mol. The van der Waals surface area contributed by atoms with Crippen molar-refractivity contribution in [3.8, 4) is 17.6 Å². The van der Waals surface area contributed by atoms with Crippen molar-refractivity contribution in [1.82, 2.24) is 0 Å². The van der Waals surface area contributed by atoms with Crippen molar-refractivity contribution in [3.05, 3.63) is 29.8 Å². The predicted octanol–water partition coefficient (Wildman–Crippen LogP) is 1.38. The Bertz CT molecular complexity index is 363. The van der Waals surface area contributed by atoms with Gasteiger partial charge in [-0.05, 0) is 6.07 Å². The van der Waals surface area contributed by atoms with Gasteiger partial charge in [-0.15, -0.1) is 0 Å². The van der Waals surface area contributed by atoms with Gasteiger partial charge in [0.05, 0.1) is 7.11 Å². The maximum atomic E-state index is 9.75. The maximum Gasteiger partial charge on any atom is 0.143 e. The molecule has 0 unspecified atom stereocenters. The van der Waals surface area contributed by atoms with E-state index in [-0.39, 0.29) is 0 Å². The zero-order valence-electron chi connectivity index (χ0n) is 8.86. The molecule has 80 valence electrons. The quantitative estimate of drug-likeness (QED) is 0.759. The number of methoxy groups -OCH3 is 2. The number of aliphatic hydroxyl groups is 1. The summed E-state index contributed by atoms with van der Waals surface area (Å²) in [6, 6.07) is 7.25. The standard InChI is InChI=1S/C12H14O3/c1-14-9-5-7-11(13)10-6-3-4-8-12(10)15-2/h3-4,6,8,11,13H,9H2,1-2H3/t11-/m0/s1. The second-order valence-corrected chi connectivity index (χ2v) is 2.90. The summed E-state index contributed by atoms with van der Waals surface area (Å²) in [7, 11) is 3.12. The second kappa shape index (κ2) is 6.07. The van der Waals surface area contributed by atoms with Crippen LogP contribution in [0.5, 0.6) is 5.75 Å². The van der Waals surface area contributed by atoms with E-state index >= 15 is 0 Å². The van der Waals surface area contributed by atoms with Crippen LogP contribution in [0.3, 0.4) is 0 Å². The number of hydrogen-bond donors (Lipinski definition) is 1. The Hall–Kier alpha value is -1.50. The lowest BCUT2D eigenvalue weighted by Crippen LogP contribution is -1.98. The molecule has 1 N–H and O–H groups in total. The molecule has 0 saturated heterocycles. The Kier molecular flexibility index (Phi) is 4.69. The summed E-state index contributed by atoms with van der Waals surface area (Å²) < 4.78 is 9.88. The monoisotopic (exact) mass is 206 g/mol. The van der Waals surface area contributed by atoms with Gasteiger partial charge in [0.1, 0.15) is 18.5 Å². The molecule has 0 aliphatic heterocycles. The molecule has 1 rings (SSSR count). The minimum absolute atomic E-state index is 0.312. The largest absolute Gasteiger partial charge is 0.496 e. The van der Waals surface area contributed by atoms with Crippen LogP contribution in [0.15, 0.2) is 24.3 Å². The highest BCUT2D eigenvalue weighted by Gasteiger charge is 2.08. The molecule has 0 bridgehead atoms. The summed E-state index contributed by atoms with van der Waals surface area (Å²) in [6.45, 7) is 0.312. The van der Waals surface area contributed by atoms with E-state index in [4.69, 9.17) is 9.47 Å². The highest BCUT2D eigenvalue weighted by molar-refractivity contribution is 5.38. The van der Waals surface area contributed by atoms with Crippen LogP contribution in [0.1, 0.15) is 11.7 Å². The van der Waals surface area contributed by atoms with Crippen LogP contribution in [-0.4, -0.2) is 25.9 Å². The molecule has 0 aromatic heterocycles. The molecule has 3 heteroatoms. The minimum Gasteiger partial charge on any atom is -0.496 e. The Morgan fingerprint density at radius 2 is 2.07 bits per heavy atom. The average Bonchev–Trinajstić information content (AvgIpc) is 2.29. The summed E-state index contributed by atoms with van der Waals surface area (Å²) >= 11 is 0. The fourth-order valence-corrected chi connectivity index (χ4v) is 1.18. The van der Waals surface area contributed by atoms with Gasteiger partial charge in [-0.1, -0.05) is 30.0 Å². The summed E-state index contributed by atoms with van der Waals surface area (Å²) in [6.07, 6.45) is -0.837. The highest BCUT2D eigenvalue weighted by atomic mass is 16.5. The smallest absolute Gasteiger partial charge is 0.143 e. The third-order valence-corrected chi connectivity index (χ3v) is 1.89. The molecule has 1 aromatic rings. The third-order valence-electron chi connectivity index (χ3n) is 1.89. The fraction of sp³-hybridized carbons (Fsp3) is 0.333. The van der Waals surface area contributed by atoms with E-state index in [0.717, 1.165) is 0 Å². The number of aliphatic hydroxyl groups excluding tert-OH is 1. The number of hydrogen-bond acceptors (Lipinski definition) is 3. The zero-order chi connectivity index (χ0) is 11.1. The molecule has 0 spiro atoms. The van der Waals surface area contributed by atoms with Crippen molar-refractivity contribution in [2.75, 3.05) is 20.8 Å². The first-order chi connectivity index (χ1) is 7.29. The number of para-hydroxylation sites is 1. The van der Waals surface area contributed by atoms with Gasteiger partial charge >= 0.3 is 0 Å². The third kappa shape index (κ3) is 3.28.